The largest absolute Gasteiger partial charge is 0.467 e. The monoisotopic (exact) mass is 435 g/mol. The van der Waals surface area contributed by atoms with E-state index in [2.05, 4.69) is 0 Å². The van der Waals surface area contributed by atoms with Gasteiger partial charge in [0.2, 0.25) is 0 Å². The molecule has 0 radical (unpaired) electrons. The normalized spacial score (nSPS) is 23.2. The van der Waals surface area contributed by atoms with Crippen LogP contribution in [0.3, 0.4) is 0 Å². The minimum absolute atomic E-state index is 0.0751. The molecule has 160 valence electrons. The van der Waals surface area contributed by atoms with Crippen LogP contribution >= 0.6 is 0 Å². The summed E-state index contributed by atoms with van der Waals surface area (Å²) < 4.78 is 26.4. The molecule has 4 atom stereocenters. The van der Waals surface area contributed by atoms with Crippen molar-refractivity contribution in [3.8, 4) is 0 Å². The zero-order chi connectivity index (χ0) is 21.8. The van der Waals surface area contributed by atoms with Gasteiger partial charge < -0.3 is 9.47 Å². The lowest BCUT2D eigenvalue weighted by Crippen LogP contribution is -2.37. The Kier molecular flexibility index (Phi) is 6.32. The summed E-state index contributed by atoms with van der Waals surface area (Å²) in [5.41, 5.74) is 1.83. The summed E-state index contributed by atoms with van der Waals surface area (Å²) in [5, 5.41) is 0. The topological polar surface area (TPSA) is 55.6 Å². The fourth-order valence-corrected chi connectivity index (χ4v) is 5.40. The molecular formula is C25H25NO4S. The van der Waals surface area contributed by atoms with E-state index in [0.717, 1.165) is 16.7 Å². The molecule has 1 aliphatic rings. The number of esters is 1. The Morgan fingerprint density at radius 3 is 2.19 bits per heavy atom. The average Bonchev–Trinajstić information content (AvgIpc) is 3.49. The molecule has 0 aromatic heterocycles. The second-order valence-electron chi connectivity index (χ2n) is 7.60. The summed E-state index contributed by atoms with van der Waals surface area (Å²) >= 11 is 0. The molecule has 0 amide bonds. The Balaban J connectivity index is 1.66. The van der Waals surface area contributed by atoms with E-state index < -0.39 is 28.5 Å². The van der Waals surface area contributed by atoms with Gasteiger partial charge in [0.1, 0.15) is 11.0 Å². The first-order valence-electron chi connectivity index (χ1n) is 10.1. The average molecular weight is 436 g/mol. The first-order valence-corrected chi connectivity index (χ1v) is 11.2. The number of hydrogen-bond donors (Lipinski definition) is 0. The second-order valence-corrected chi connectivity index (χ2v) is 8.96. The van der Waals surface area contributed by atoms with E-state index in [1.807, 2.05) is 91.9 Å². The number of carbonyl (C=O) groups is 1. The van der Waals surface area contributed by atoms with E-state index in [4.69, 9.17) is 9.47 Å². The van der Waals surface area contributed by atoms with Crippen LogP contribution in [0.4, 0.5) is 0 Å². The molecule has 0 bridgehead atoms. The van der Waals surface area contributed by atoms with Crippen molar-refractivity contribution in [3.63, 3.8) is 0 Å². The zero-order valence-electron chi connectivity index (χ0n) is 17.6. The maximum atomic E-state index is 13.5. The van der Waals surface area contributed by atoms with E-state index in [-0.39, 0.29) is 6.61 Å². The van der Waals surface area contributed by atoms with Crippen LogP contribution in [-0.2, 0) is 31.9 Å². The van der Waals surface area contributed by atoms with E-state index in [9.17, 15) is 9.00 Å². The highest BCUT2D eigenvalue weighted by Crippen LogP contribution is 2.56. The van der Waals surface area contributed by atoms with Gasteiger partial charge in [-0.1, -0.05) is 78.4 Å². The van der Waals surface area contributed by atoms with E-state index in [0.29, 0.717) is 11.5 Å². The lowest BCUT2D eigenvalue weighted by molar-refractivity contribution is -0.146. The van der Waals surface area contributed by atoms with Gasteiger partial charge in [-0.25, -0.2) is 9.00 Å². The zero-order valence-corrected chi connectivity index (χ0v) is 18.4. The molecule has 0 spiro atoms. The van der Waals surface area contributed by atoms with Crippen molar-refractivity contribution in [3.05, 3.63) is 102 Å². The maximum absolute atomic E-state index is 13.5. The Hall–Kier alpha value is -2.80. The molecule has 5 nitrogen and oxygen atoms in total. The fourth-order valence-electron chi connectivity index (χ4n) is 3.84. The Morgan fingerprint density at radius 2 is 1.58 bits per heavy atom. The summed E-state index contributed by atoms with van der Waals surface area (Å²) in [7, 11) is -0.194. The van der Waals surface area contributed by atoms with Crippen molar-refractivity contribution in [2.75, 3.05) is 13.7 Å². The molecule has 1 saturated heterocycles. The predicted octanol–water partition coefficient (Wildman–Crippen LogP) is 4.20. The molecule has 0 N–H and O–H groups in total. The smallest absolute Gasteiger partial charge is 0.331 e. The number of methoxy groups -OCH3 is 1. The third-order valence-electron chi connectivity index (χ3n) is 5.50. The summed E-state index contributed by atoms with van der Waals surface area (Å²) in [5.74, 6) is -0.449. The van der Waals surface area contributed by atoms with Crippen LogP contribution in [0.25, 0.3) is 0 Å². The van der Waals surface area contributed by atoms with Gasteiger partial charge in [0, 0.05) is 0 Å². The number of nitrogens with zero attached hydrogens (tertiary/aromatic N) is 1. The van der Waals surface area contributed by atoms with Crippen LogP contribution in [-0.4, -0.2) is 33.7 Å². The summed E-state index contributed by atoms with van der Waals surface area (Å²) in [6.45, 7) is 2.41. The molecule has 2 unspecified atom stereocenters. The van der Waals surface area contributed by atoms with E-state index in [1.165, 1.54) is 7.11 Å². The standard InChI is InChI=1S/C25H25NO4S/c1-19-13-15-22(16-14-19)31(28)26-23(21-11-7-4-8-12-21)25(26,24(27)29-2)18-30-17-20-9-5-3-6-10-20/h3-16,23H,17-18H2,1-2H3/t23-,25+,26?,31?/m0/s1. The van der Waals surface area contributed by atoms with Gasteiger partial charge in [0.15, 0.2) is 5.54 Å². The van der Waals surface area contributed by atoms with Gasteiger partial charge in [-0.15, -0.1) is 0 Å². The number of rotatable bonds is 8. The third kappa shape index (κ3) is 4.19. The number of aryl methyl sites for hydroxylation is 1. The van der Waals surface area contributed by atoms with Crippen LogP contribution in [0, 0.1) is 6.92 Å². The van der Waals surface area contributed by atoms with Gasteiger partial charge in [-0.05, 0) is 30.2 Å². The summed E-state index contributed by atoms with van der Waals surface area (Å²) in [6.07, 6.45) is 0. The molecule has 1 heterocycles. The third-order valence-corrected chi connectivity index (χ3v) is 7.07. The lowest BCUT2D eigenvalue weighted by atomic mass is 10.0. The Bertz CT molecular complexity index is 1060. The SMILES string of the molecule is COC(=O)[C@@]1(COCc2ccccc2)[C@H](c2ccccc2)N1S(=O)c1ccc(C)cc1. The van der Waals surface area contributed by atoms with Crippen molar-refractivity contribution in [2.24, 2.45) is 0 Å². The predicted molar refractivity (Wildman–Crippen MR) is 119 cm³/mol. The van der Waals surface area contributed by atoms with Crippen LogP contribution in [0.15, 0.2) is 89.8 Å². The molecule has 0 saturated carbocycles. The molecule has 4 rings (SSSR count). The Morgan fingerprint density at radius 1 is 0.968 bits per heavy atom. The highest BCUT2D eigenvalue weighted by Gasteiger charge is 2.72. The molecule has 6 heteroatoms. The molecule has 1 fully saturated rings. The van der Waals surface area contributed by atoms with Gasteiger partial charge in [0.05, 0.1) is 31.3 Å². The first-order chi connectivity index (χ1) is 15.1. The molecular weight excluding hydrogens is 410 g/mol. The number of benzene rings is 3. The van der Waals surface area contributed by atoms with Crippen molar-refractivity contribution < 1.29 is 18.5 Å². The van der Waals surface area contributed by atoms with Crippen LogP contribution < -0.4 is 0 Å². The van der Waals surface area contributed by atoms with Crippen molar-refractivity contribution >= 4 is 17.0 Å². The first kappa shape index (κ1) is 21.4. The van der Waals surface area contributed by atoms with Crippen molar-refractivity contribution in [1.29, 1.82) is 0 Å². The fraction of sp³-hybridized carbons (Fsp3) is 0.240. The quantitative estimate of drug-likeness (QED) is 0.393. The molecule has 1 aliphatic heterocycles. The molecule has 0 aliphatic carbocycles. The van der Waals surface area contributed by atoms with Crippen LogP contribution in [0.5, 0.6) is 0 Å². The molecule has 3 aromatic rings. The molecule has 3 aromatic carbocycles. The number of hydrogen-bond acceptors (Lipinski definition) is 4. The van der Waals surface area contributed by atoms with Gasteiger partial charge in [-0.3, -0.25) is 0 Å². The second kappa shape index (κ2) is 9.14. The maximum Gasteiger partial charge on any atom is 0.331 e. The lowest BCUT2D eigenvalue weighted by Gasteiger charge is -2.16. The van der Waals surface area contributed by atoms with E-state index in [1.54, 1.807) is 4.31 Å². The van der Waals surface area contributed by atoms with Gasteiger partial charge in [-0.2, -0.15) is 4.31 Å². The minimum Gasteiger partial charge on any atom is -0.467 e. The van der Waals surface area contributed by atoms with E-state index >= 15 is 0 Å². The van der Waals surface area contributed by atoms with Gasteiger partial charge in [0.25, 0.3) is 0 Å². The number of carbonyl (C=O) groups excluding carboxylic acids is 1. The van der Waals surface area contributed by atoms with Crippen LogP contribution in [0.2, 0.25) is 0 Å². The number of ether oxygens (including phenoxy) is 2. The molecule has 31 heavy (non-hydrogen) atoms. The summed E-state index contributed by atoms with van der Waals surface area (Å²) in [6, 6.07) is 26.5. The van der Waals surface area contributed by atoms with Crippen molar-refractivity contribution in [2.45, 2.75) is 30.0 Å². The van der Waals surface area contributed by atoms with Crippen molar-refractivity contribution in [1.82, 2.24) is 4.31 Å². The minimum atomic E-state index is -1.55. The summed E-state index contributed by atoms with van der Waals surface area (Å²) in [4.78, 5) is 13.7. The van der Waals surface area contributed by atoms with Gasteiger partial charge >= 0.3 is 5.97 Å². The highest BCUT2D eigenvalue weighted by atomic mass is 32.2. The van der Waals surface area contributed by atoms with Crippen LogP contribution in [0.1, 0.15) is 22.7 Å². The Labute approximate surface area is 185 Å². The highest BCUT2D eigenvalue weighted by molar-refractivity contribution is 7.83.